The second-order valence-corrected chi connectivity index (χ2v) is 9.46. The van der Waals surface area contributed by atoms with E-state index in [1.165, 1.54) is 18.4 Å². The molecule has 0 radical (unpaired) electrons. The highest BCUT2D eigenvalue weighted by Crippen LogP contribution is 2.29. The third kappa shape index (κ3) is 5.17. The molecule has 0 aliphatic carbocycles. The van der Waals surface area contributed by atoms with Crippen molar-refractivity contribution in [3.8, 4) is 5.75 Å². The molecule has 1 fully saturated rings. The van der Waals surface area contributed by atoms with Crippen molar-refractivity contribution in [2.24, 2.45) is 0 Å². The van der Waals surface area contributed by atoms with Crippen LogP contribution in [0.25, 0.3) is 0 Å². The van der Waals surface area contributed by atoms with Crippen LogP contribution in [0.4, 0.5) is 5.69 Å². The zero-order valence-corrected chi connectivity index (χ0v) is 17.6. The number of hydrogen-bond donors (Lipinski definition) is 1. The summed E-state index contributed by atoms with van der Waals surface area (Å²) < 4.78 is 37.4. The summed E-state index contributed by atoms with van der Waals surface area (Å²) in [4.78, 5) is 0.262. The zero-order valence-electron chi connectivity index (χ0n) is 16.0. The third-order valence-corrected chi connectivity index (χ3v) is 6.60. The molecule has 2 aromatic carbocycles. The smallest absolute Gasteiger partial charge is 0.242 e. The number of hydrogen-bond acceptors (Lipinski definition) is 5. The molecule has 0 amide bonds. The van der Waals surface area contributed by atoms with Gasteiger partial charge in [-0.3, -0.25) is 0 Å². The van der Waals surface area contributed by atoms with Gasteiger partial charge >= 0.3 is 0 Å². The van der Waals surface area contributed by atoms with E-state index < -0.39 is 10.0 Å². The predicted molar refractivity (Wildman–Crippen MR) is 111 cm³/mol. The van der Waals surface area contributed by atoms with Gasteiger partial charge in [-0.15, -0.1) is 0 Å². The van der Waals surface area contributed by atoms with Crippen LogP contribution in [0.5, 0.6) is 5.75 Å². The Labute approximate surface area is 171 Å². The zero-order chi connectivity index (χ0) is 20.1. The first-order chi connectivity index (χ1) is 13.4. The molecule has 8 heteroatoms. The first-order valence-electron chi connectivity index (χ1n) is 9.15. The monoisotopic (exact) mass is 424 g/mol. The molecular weight excluding hydrogens is 400 g/mol. The van der Waals surface area contributed by atoms with Crippen LogP contribution in [-0.2, 0) is 21.3 Å². The van der Waals surface area contributed by atoms with Crippen LogP contribution in [0.2, 0.25) is 5.02 Å². The van der Waals surface area contributed by atoms with Crippen molar-refractivity contribution in [1.29, 1.82) is 0 Å². The number of nitrogens with one attached hydrogen (secondary N) is 1. The van der Waals surface area contributed by atoms with Gasteiger partial charge in [0.25, 0.3) is 0 Å². The highest BCUT2D eigenvalue weighted by molar-refractivity contribution is 7.89. The summed E-state index contributed by atoms with van der Waals surface area (Å²) in [6, 6.07) is 12.3. The lowest BCUT2D eigenvalue weighted by Crippen LogP contribution is -2.22. The normalized spacial score (nSPS) is 17.1. The number of nitrogens with zero attached hydrogens (tertiary/aromatic N) is 1. The van der Waals surface area contributed by atoms with E-state index in [9.17, 15) is 8.42 Å². The van der Waals surface area contributed by atoms with Gasteiger partial charge in [0.15, 0.2) is 0 Å². The Hall–Kier alpha value is -1.80. The Morgan fingerprint density at radius 3 is 2.79 bits per heavy atom. The van der Waals surface area contributed by atoms with Crippen molar-refractivity contribution in [2.75, 3.05) is 32.6 Å². The Kier molecular flexibility index (Phi) is 6.82. The predicted octanol–water partition coefficient (Wildman–Crippen LogP) is 3.76. The summed E-state index contributed by atoms with van der Waals surface area (Å²) in [5.41, 5.74) is 1.60. The molecule has 1 unspecified atom stereocenters. The van der Waals surface area contributed by atoms with Gasteiger partial charge in [0.05, 0.1) is 16.7 Å². The molecule has 28 heavy (non-hydrogen) atoms. The van der Waals surface area contributed by atoms with Crippen LogP contribution in [-0.4, -0.2) is 46.1 Å². The van der Waals surface area contributed by atoms with Gasteiger partial charge in [0, 0.05) is 32.3 Å². The molecule has 152 valence electrons. The first-order valence-corrected chi connectivity index (χ1v) is 11.0. The van der Waals surface area contributed by atoms with Crippen molar-refractivity contribution in [3.05, 3.63) is 53.1 Å². The number of rotatable bonds is 8. The van der Waals surface area contributed by atoms with Crippen molar-refractivity contribution in [3.63, 3.8) is 0 Å². The molecule has 0 saturated carbocycles. The van der Waals surface area contributed by atoms with E-state index in [1.54, 1.807) is 30.3 Å². The Morgan fingerprint density at radius 1 is 1.25 bits per heavy atom. The summed E-state index contributed by atoms with van der Waals surface area (Å²) in [6.07, 6.45) is 2.19. The van der Waals surface area contributed by atoms with E-state index in [-0.39, 0.29) is 11.0 Å². The first kappa shape index (κ1) is 20.9. The SMILES string of the molecule is CN(C)S(=O)(=O)c1cccc(CNc2cc(Cl)ccc2OCC2CCCO2)c1. The Balaban J connectivity index is 1.71. The van der Waals surface area contributed by atoms with Gasteiger partial charge in [-0.25, -0.2) is 12.7 Å². The molecule has 1 atom stereocenters. The number of halogens is 1. The van der Waals surface area contributed by atoms with E-state index in [0.717, 1.165) is 30.7 Å². The van der Waals surface area contributed by atoms with Crippen LogP contribution in [0, 0.1) is 0 Å². The van der Waals surface area contributed by atoms with Gasteiger partial charge in [0.1, 0.15) is 12.4 Å². The summed E-state index contributed by atoms with van der Waals surface area (Å²) in [5.74, 6) is 0.692. The fourth-order valence-electron chi connectivity index (χ4n) is 2.95. The highest BCUT2D eigenvalue weighted by Gasteiger charge is 2.18. The second kappa shape index (κ2) is 9.13. The molecule has 0 bridgehead atoms. The van der Waals surface area contributed by atoms with E-state index >= 15 is 0 Å². The van der Waals surface area contributed by atoms with Crippen LogP contribution in [0.15, 0.2) is 47.4 Å². The third-order valence-electron chi connectivity index (χ3n) is 4.55. The largest absolute Gasteiger partial charge is 0.489 e. The fraction of sp³-hybridized carbons (Fsp3) is 0.400. The Morgan fingerprint density at radius 2 is 2.07 bits per heavy atom. The van der Waals surface area contributed by atoms with E-state index in [4.69, 9.17) is 21.1 Å². The maximum absolute atomic E-state index is 12.3. The molecule has 0 aromatic heterocycles. The summed E-state index contributed by atoms with van der Waals surface area (Å²) in [7, 11) is -0.434. The highest BCUT2D eigenvalue weighted by atomic mass is 35.5. The van der Waals surface area contributed by atoms with Gasteiger partial charge in [0.2, 0.25) is 10.0 Å². The quantitative estimate of drug-likeness (QED) is 0.698. The van der Waals surface area contributed by atoms with Crippen molar-refractivity contribution in [1.82, 2.24) is 4.31 Å². The van der Waals surface area contributed by atoms with Crippen LogP contribution >= 0.6 is 11.6 Å². The van der Waals surface area contributed by atoms with Crippen LogP contribution < -0.4 is 10.1 Å². The fourth-order valence-corrected chi connectivity index (χ4v) is 4.09. The number of benzene rings is 2. The minimum absolute atomic E-state index is 0.122. The molecule has 6 nitrogen and oxygen atoms in total. The number of ether oxygens (including phenoxy) is 2. The molecular formula is C20H25ClN2O4S. The maximum atomic E-state index is 12.3. The molecule has 0 spiro atoms. The summed E-state index contributed by atoms with van der Waals surface area (Å²) >= 11 is 6.14. The molecule has 1 aliphatic heterocycles. The van der Waals surface area contributed by atoms with Gasteiger partial charge in [-0.2, -0.15) is 0 Å². The summed E-state index contributed by atoms with van der Waals surface area (Å²) in [5, 5.41) is 3.89. The minimum Gasteiger partial charge on any atom is -0.489 e. The molecule has 1 saturated heterocycles. The number of anilines is 1. The number of sulfonamides is 1. The maximum Gasteiger partial charge on any atom is 0.242 e. The van der Waals surface area contributed by atoms with Crippen molar-refractivity contribution in [2.45, 2.75) is 30.4 Å². The molecule has 1 N–H and O–H groups in total. The average Bonchev–Trinajstić information content (AvgIpc) is 3.19. The van der Waals surface area contributed by atoms with Crippen LogP contribution in [0.3, 0.4) is 0 Å². The molecule has 1 aliphatic rings. The lowest BCUT2D eigenvalue weighted by Gasteiger charge is -2.17. The van der Waals surface area contributed by atoms with E-state index in [0.29, 0.717) is 23.9 Å². The van der Waals surface area contributed by atoms with Crippen molar-refractivity contribution >= 4 is 27.3 Å². The second-order valence-electron chi connectivity index (χ2n) is 6.87. The lowest BCUT2D eigenvalue weighted by atomic mass is 10.2. The minimum atomic E-state index is -3.47. The summed E-state index contributed by atoms with van der Waals surface area (Å²) in [6.45, 7) is 1.71. The van der Waals surface area contributed by atoms with E-state index in [2.05, 4.69) is 5.32 Å². The van der Waals surface area contributed by atoms with E-state index in [1.807, 2.05) is 12.1 Å². The average molecular weight is 425 g/mol. The molecule has 3 rings (SSSR count). The van der Waals surface area contributed by atoms with Crippen molar-refractivity contribution < 1.29 is 17.9 Å². The lowest BCUT2D eigenvalue weighted by molar-refractivity contribution is 0.0682. The van der Waals surface area contributed by atoms with Gasteiger partial charge in [-0.05, 0) is 48.7 Å². The molecule has 2 aromatic rings. The Bertz CT molecular complexity index is 912. The van der Waals surface area contributed by atoms with Crippen LogP contribution in [0.1, 0.15) is 18.4 Å². The van der Waals surface area contributed by atoms with Gasteiger partial charge < -0.3 is 14.8 Å². The standard InChI is InChI=1S/C20H25ClN2O4S/c1-23(2)28(24,25)18-7-3-5-15(11-18)13-22-19-12-16(21)8-9-20(19)27-14-17-6-4-10-26-17/h3,5,7-9,11-12,17,22H,4,6,10,13-14H2,1-2H3. The van der Waals surface area contributed by atoms with Gasteiger partial charge in [-0.1, -0.05) is 23.7 Å². The molecule has 1 heterocycles. The topological polar surface area (TPSA) is 67.9 Å².